The van der Waals surface area contributed by atoms with E-state index in [0.717, 1.165) is 26.4 Å². The van der Waals surface area contributed by atoms with Gasteiger partial charge in [0.25, 0.3) is 0 Å². The third kappa shape index (κ3) is 4.83. The smallest absolute Gasteiger partial charge is 0.224 e. The van der Waals surface area contributed by atoms with Gasteiger partial charge in [-0.25, -0.2) is 4.98 Å². The highest BCUT2D eigenvalue weighted by Crippen LogP contribution is 2.27. The van der Waals surface area contributed by atoms with Crippen molar-refractivity contribution in [1.29, 1.82) is 0 Å². The molecule has 1 aromatic heterocycles. The van der Waals surface area contributed by atoms with Gasteiger partial charge in [0, 0.05) is 23.9 Å². The zero-order valence-electron chi connectivity index (χ0n) is 14.5. The highest BCUT2D eigenvalue weighted by Gasteiger charge is 2.08. The number of nitrogens with zero attached hydrogens (tertiary/aromatic N) is 1. The first-order valence-electron chi connectivity index (χ1n) is 8.14. The molecule has 2 N–H and O–H groups in total. The van der Waals surface area contributed by atoms with E-state index in [1.54, 1.807) is 11.8 Å². The fourth-order valence-corrected chi connectivity index (χ4v) is 3.95. The molecule has 3 rings (SSSR count). The minimum atomic E-state index is -0.133. The number of aryl methyl sites for hydroxylation is 1. The molecule has 0 bridgehead atoms. The maximum Gasteiger partial charge on any atom is 0.224 e. The van der Waals surface area contributed by atoms with Gasteiger partial charge >= 0.3 is 0 Å². The number of thioether (sulfide) groups is 1. The molecule has 0 aliphatic carbocycles. The lowest BCUT2D eigenvalue weighted by molar-refractivity contribution is -0.116. The van der Waals surface area contributed by atoms with Crippen LogP contribution < -0.4 is 10.6 Å². The molecule has 0 aliphatic rings. The Morgan fingerprint density at radius 1 is 1.15 bits per heavy atom. The Bertz CT molecular complexity index is 953. The lowest BCUT2D eigenvalue weighted by Crippen LogP contribution is -2.12. The van der Waals surface area contributed by atoms with E-state index >= 15 is 0 Å². The quantitative estimate of drug-likeness (QED) is 0.611. The van der Waals surface area contributed by atoms with Gasteiger partial charge < -0.3 is 10.6 Å². The van der Waals surface area contributed by atoms with Gasteiger partial charge in [0.15, 0.2) is 5.13 Å². The number of hydrogen-bond acceptors (Lipinski definition) is 5. The van der Waals surface area contributed by atoms with Crippen molar-refractivity contribution in [1.82, 2.24) is 4.98 Å². The number of carbonyl (C=O) groups is 2. The number of nitrogens with one attached hydrogen (secondary N) is 2. The molecule has 7 heteroatoms. The van der Waals surface area contributed by atoms with Gasteiger partial charge in [-0.1, -0.05) is 23.5 Å². The van der Waals surface area contributed by atoms with E-state index in [4.69, 9.17) is 0 Å². The van der Waals surface area contributed by atoms with Crippen LogP contribution in [0, 0.1) is 0 Å². The Morgan fingerprint density at radius 2 is 2.00 bits per heavy atom. The van der Waals surface area contributed by atoms with E-state index in [0.29, 0.717) is 18.0 Å². The third-order valence-corrected chi connectivity index (χ3v) is 5.39. The van der Waals surface area contributed by atoms with Crippen molar-refractivity contribution in [2.75, 3.05) is 16.9 Å². The maximum atomic E-state index is 12.2. The highest BCUT2D eigenvalue weighted by molar-refractivity contribution is 7.98. The van der Waals surface area contributed by atoms with Crippen LogP contribution in [0.2, 0.25) is 0 Å². The van der Waals surface area contributed by atoms with Gasteiger partial charge in [-0.15, -0.1) is 11.8 Å². The Labute approximate surface area is 160 Å². The standard InChI is InChI=1S/C19H19N3O2S2/c1-12(23)20-19-22-16-8-6-13(10-17(16)26-19)7-9-18(24)21-14-4-3-5-15(11-14)25-2/h3-6,8,10-11H,7,9H2,1-2H3,(H,21,24)(H,20,22,23). The summed E-state index contributed by atoms with van der Waals surface area (Å²) in [6.07, 6.45) is 3.07. The van der Waals surface area contributed by atoms with Crippen LogP contribution in [0.15, 0.2) is 47.4 Å². The number of anilines is 2. The van der Waals surface area contributed by atoms with Gasteiger partial charge in [0.1, 0.15) is 0 Å². The van der Waals surface area contributed by atoms with Crippen molar-refractivity contribution in [3.05, 3.63) is 48.0 Å². The summed E-state index contributed by atoms with van der Waals surface area (Å²) in [6, 6.07) is 13.7. The van der Waals surface area contributed by atoms with E-state index in [9.17, 15) is 9.59 Å². The van der Waals surface area contributed by atoms with Crippen LogP contribution in [0.3, 0.4) is 0 Å². The second-order valence-electron chi connectivity index (χ2n) is 5.78. The van der Waals surface area contributed by atoms with Crippen molar-refractivity contribution in [2.24, 2.45) is 0 Å². The number of rotatable bonds is 6. The van der Waals surface area contributed by atoms with E-state index in [-0.39, 0.29) is 11.8 Å². The van der Waals surface area contributed by atoms with Gasteiger partial charge in [0.2, 0.25) is 11.8 Å². The van der Waals surface area contributed by atoms with Crippen molar-refractivity contribution < 1.29 is 9.59 Å². The highest BCUT2D eigenvalue weighted by atomic mass is 32.2. The Balaban J connectivity index is 1.61. The van der Waals surface area contributed by atoms with E-state index < -0.39 is 0 Å². The first-order valence-corrected chi connectivity index (χ1v) is 10.2. The number of benzene rings is 2. The second kappa shape index (κ2) is 8.33. The fourth-order valence-electron chi connectivity index (χ4n) is 2.51. The molecule has 0 saturated heterocycles. The van der Waals surface area contributed by atoms with Crippen LogP contribution in [-0.4, -0.2) is 23.1 Å². The van der Waals surface area contributed by atoms with E-state index in [1.807, 2.05) is 48.7 Å². The lowest BCUT2D eigenvalue weighted by Gasteiger charge is -2.06. The summed E-state index contributed by atoms with van der Waals surface area (Å²) in [5.74, 6) is -0.141. The van der Waals surface area contributed by atoms with Crippen LogP contribution in [-0.2, 0) is 16.0 Å². The molecule has 0 aliphatic heterocycles. The molecule has 0 unspecified atom stereocenters. The number of amides is 2. The van der Waals surface area contributed by atoms with Gasteiger partial charge in [-0.2, -0.15) is 0 Å². The van der Waals surface area contributed by atoms with Gasteiger partial charge in [-0.3, -0.25) is 9.59 Å². The predicted molar refractivity (Wildman–Crippen MR) is 109 cm³/mol. The summed E-state index contributed by atoms with van der Waals surface area (Å²) in [6.45, 7) is 1.46. The van der Waals surface area contributed by atoms with Crippen molar-refractivity contribution in [3.63, 3.8) is 0 Å². The maximum absolute atomic E-state index is 12.2. The molecule has 1 heterocycles. The molecule has 0 fully saturated rings. The Hall–Kier alpha value is -2.38. The first-order chi connectivity index (χ1) is 12.5. The number of thiazole rings is 1. The lowest BCUT2D eigenvalue weighted by atomic mass is 10.1. The van der Waals surface area contributed by atoms with Crippen molar-refractivity contribution >= 4 is 55.9 Å². The van der Waals surface area contributed by atoms with Crippen molar-refractivity contribution in [2.45, 2.75) is 24.7 Å². The summed E-state index contributed by atoms with van der Waals surface area (Å²) in [7, 11) is 0. The molecule has 0 radical (unpaired) electrons. The third-order valence-electron chi connectivity index (χ3n) is 3.73. The molecule has 2 aromatic carbocycles. The van der Waals surface area contributed by atoms with Crippen LogP contribution >= 0.6 is 23.1 Å². The van der Waals surface area contributed by atoms with E-state index in [1.165, 1.54) is 18.3 Å². The van der Waals surface area contributed by atoms with Crippen molar-refractivity contribution in [3.8, 4) is 0 Å². The Morgan fingerprint density at radius 3 is 2.77 bits per heavy atom. The van der Waals surface area contributed by atoms with Crippen LogP contribution in [0.1, 0.15) is 18.9 Å². The number of carbonyl (C=O) groups excluding carboxylic acids is 2. The normalized spacial score (nSPS) is 10.7. The number of hydrogen-bond donors (Lipinski definition) is 2. The minimum absolute atomic E-state index is 0.00779. The monoisotopic (exact) mass is 385 g/mol. The molecule has 2 amide bonds. The molecule has 3 aromatic rings. The predicted octanol–water partition coefficient (Wildman–Crippen LogP) is 4.55. The zero-order valence-corrected chi connectivity index (χ0v) is 16.2. The molecule has 5 nitrogen and oxygen atoms in total. The summed E-state index contributed by atoms with van der Waals surface area (Å²) in [5, 5.41) is 6.24. The number of fused-ring (bicyclic) bond motifs is 1. The molecule has 0 saturated carbocycles. The van der Waals surface area contributed by atoms with Gasteiger partial charge in [-0.05, 0) is 48.6 Å². The summed E-state index contributed by atoms with van der Waals surface area (Å²) in [5.41, 5.74) is 2.74. The molecule has 0 atom stereocenters. The fraction of sp³-hybridized carbons (Fsp3) is 0.211. The zero-order chi connectivity index (χ0) is 18.5. The van der Waals surface area contributed by atoms with E-state index in [2.05, 4.69) is 15.6 Å². The second-order valence-corrected chi connectivity index (χ2v) is 7.69. The van der Waals surface area contributed by atoms with Gasteiger partial charge in [0.05, 0.1) is 10.2 Å². The average molecular weight is 386 g/mol. The molecule has 26 heavy (non-hydrogen) atoms. The largest absolute Gasteiger partial charge is 0.326 e. The summed E-state index contributed by atoms with van der Waals surface area (Å²) in [4.78, 5) is 28.8. The topological polar surface area (TPSA) is 71.1 Å². The Kier molecular flexibility index (Phi) is 5.90. The summed E-state index contributed by atoms with van der Waals surface area (Å²) >= 11 is 3.08. The van der Waals surface area contributed by atoms with Crippen LogP contribution in [0.4, 0.5) is 10.8 Å². The molecule has 134 valence electrons. The number of aromatic nitrogens is 1. The minimum Gasteiger partial charge on any atom is -0.326 e. The molecular weight excluding hydrogens is 366 g/mol. The van der Waals surface area contributed by atoms with Crippen LogP contribution in [0.5, 0.6) is 0 Å². The van der Waals surface area contributed by atoms with Crippen LogP contribution in [0.25, 0.3) is 10.2 Å². The summed E-state index contributed by atoms with van der Waals surface area (Å²) < 4.78 is 0.999. The SMILES string of the molecule is CSc1cccc(NC(=O)CCc2ccc3nc(NC(C)=O)sc3c2)c1. The average Bonchev–Trinajstić information content (AvgIpc) is 3.00. The molecular formula is C19H19N3O2S2. The molecule has 0 spiro atoms. The first kappa shape index (κ1) is 18.4.